The van der Waals surface area contributed by atoms with Crippen LogP contribution in [0, 0.1) is 0 Å². The molecule has 7 nitrogen and oxygen atoms in total. The Morgan fingerprint density at radius 1 is 1.14 bits per heavy atom. The molecule has 2 atom stereocenters. The Morgan fingerprint density at radius 2 is 1.83 bits per heavy atom. The molecule has 0 aliphatic carbocycles. The van der Waals surface area contributed by atoms with Crippen molar-refractivity contribution in [2.24, 2.45) is 0 Å². The van der Waals surface area contributed by atoms with Gasteiger partial charge < -0.3 is 19.7 Å². The van der Waals surface area contributed by atoms with E-state index in [4.69, 9.17) is 9.47 Å². The zero-order valence-electron chi connectivity index (χ0n) is 17.0. The van der Waals surface area contributed by atoms with Gasteiger partial charge in [-0.3, -0.25) is 14.5 Å². The minimum atomic E-state index is -0.268. The maximum absolute atomic E-state index is 13.3. The molecule has 0 bridgehead atoms. The van der Waals surface area contributed by atoms with E-state index in [0.717, 1.165) is 30.9 Å². The lowest BCUT2D eigenvalue weighted by molar-refractivity contribution is -0.929. The largest absolute Gasteiger partial charge is 0.493 e. The first kappa shape index (κ1) is 19.3. The van der Waals surface area contributed by atoms with Gasteiger partial charge in [-0.25, -0.2) is 0 Å². The van der Waals surface area contributed by atoms with Crippen molar-refractivity contribution in [3.63, 3.8) is 0 Å². The molecule has 0 aromatic heterocycles. The highest BCUT2D eigenvalue weighted by atomic mass is 16.5. The third-order valence-corrected chi connectivity index (χ3v) is 5.86. The summed E-state index contributed by atoms with van der Waals surface area (Å²) in [4.78, 5) is 28.2. The van der Waals surface area contributed by atoms with Gasteiger partial charge in [0.15, 0.2) is 17.5 Å². The molecule has 2 amide bonds. The zero-order valence-corrected chi connectivity index (χ0v) is 17.0. The van der Waals surface area contributed by atoms with Gasteiger partial charge >= 0.3 is 0 Å². The number of hydrogen-bond donors (Lipinski definition) is 2. The maximum Gasteiger partial charge on any atom is 0.285 e. The van der Waals surface area contributed by atoms with Crippen LogP contribution in [0.4, 0.5) is 11.4 Å². The molecule has 2 aromatic carbocycles. The highest BCUT2D eigenvalue weighted by Crippen LogP contribution is 2.32. The van der Waals surface area contributed by atoms with Crippen LogP contribution >= 0.6 is 0 Å². The Bertz CT molecular complexity index is 959. The van der Waals surface area contributed by atoms with Gasteiger partial charge in [0.25, 0.3) is 5.91 Å². The van der Waals surface area contributed by atoms with Crippen LogP contribution in [0.25, 0.3) is 0 Å². The van der Waals surface area contributed by atoms with Gasteiger partial charge in [0.2, 0.25) is 5.91 Å². The van der Waals surface area contributed by atoms with Gasteiger partial charge in [0.05, 0.1) is 32.1 Å². The number of nitrogens with zero attached hydrogens (tertiary/aromatic N) is 1. The van der Waals surface area contributed by atoms with Gasteiger partial charge in [-0.1, -0.05) is 12.1 Å². The molecule has 2 aliphatic rings. The summed E-state index contributed by atoms with van der Waals surface area (Å²) in [6, 6.07) is 11.2. The van der Waals surface area contributed by atoms with Crippen molar-refractivity contribution in [2.45, 2.75) is 25.9 Å². The molecule has 0 saturated carbocycles. The van der Waals surface area contributed by atoms with Crippen molar-refractivity contribution in [1.82, 2.24) is 0 Å². The van der Waals surface area contributed by atoms with Crippen molar-refractivity contribution in [3.8, 4) is 11.5 Å². The van der Waals surface area contributed by atoms with E-state index in [0.29, 0.717) is 11.4 Å². The number of hydrogen-bond acceptors (Lipinski definition) is 4. The number of anilines is 2. The van der Waals surface area contributed by atoms with Crippen LogP contribution in [-0.2, 0) is 22.6 Å². The van der Waals surface area contributed by atoms with E-state index in [-0.39, 0.29) is 24.4 Å². The van der Waals surface area contributed by atoms with Crippen LogP contribution in [0.1, 0.15) is 18.1 Å². The molecular formula is C22H26N3O4+. The fraction of sp³-hybridized carbons (Fsp3) is 0.364. The summed E-state index contributed by atoms with van der Waals surface area (Å²) < 4.78 is 10.8. The number of rotatable bonds is 4. The molecule has 0 radical (unpaired) electrons. The second-order valence-electron chi connectivity index (χ2n) is 7.52. The van der Waals surface area contributed by atoms with Crippen LogP contribution in [0.15, 0.2) is 36.4 Å². The molecule has 0 fully saturated rings. The molecule has 1 unspecified atom stereocenters. The standard InChI is InChI=1S/C22H25N3O4/c1-14(22(27)25-13-21(26)23-17-6-4-5-7-18(17)25)24-9-8-15-10-19(28-2)20(29-3)11-16(15)12-24/h4-7,10-11,14H,8-9,12-13H2,1-3H3,(H,23,26)/p+1/t14-/m1/s1. The Kier molecular flexibility index (Phi) is 5.15. The van der Waals surface area contributed by atoms with E-state index in [2.05, 4.69) is 5.32 Å². The topological polar surface area (TPSA) is 72.3 Å². The normalized spacial score (nSPS) is 18.9. The quantitative estimate of drug-likeness (QED) is 0.810. The number of methoxy groups -OCH3 is 2. The fourth-order valence-electron chi connectivity index (χ4n) is 4.20. The highest BCUT2D eigenvalue weighted by Gasteiger charge is 2.36. The average molecular weight is 396 g/mol. The lowest BCUT2D eigenvalue weighted by atomic mass is 9.97. The second kappa shape index (κ2) is 7.75. The second-order valence-corrected chi connectivity index (χ2v) is 7.52. The van der Waals surface area contributed by atoms with Crippen molar-refractivity contribution < 1.29 is 24.0 Å². The van der Waals surface area contributed by atoms with Gasteiger partial charge in [-0.05, 0) is 36.8 Å². The molecule has 2 aromatic rings. The predicted molar refractivity (Wildman–Crippen MR) is 110 cm³/mol. The van der Waals surface area contributed by atoms with E-state index in [1.165, 1.54) is 16.0 Å². The molecule has 29 heavy (non-hydrogen) atoms. The van der Waals surface area contributed by atoms with Gasteiger partial charge in [-0.2, -0.15) is 0 Å². The molecule has 4 rings (SSSR count). The first-order chi connectivity index (χ1) is 14.0. The molecule has 0 spiro atoms. The number of benzene rings is 2. The third kappa shape index (κ3) is 3.53. The van der Waals surface area contributed by atoms with E-state index in [1.807, 2.05) is 43.3 Å². The number of ether oxygens (including phenoxy) is 2. The van der Waals surface area contributed by atoms with E-state index < -0.39 is 0 Å². The van der Waals surface area contributed by atoms with Crippen LogP contribution in [0.2, 0.25) is 0 Å². The van der Waals surface area contributed by atoms with Crippen molar-refractivity contribution >= 4 is 23.2 Å². The van der Waals surface area contributed by atoms with E-state index >= 15 is 0 Å². The Balaban J connectivity index is 1.56. The molecule has 0 saturated heterocycles. The van der Waals surface area contributed by atoms with Crippen molar-refractivity contribution in [2.75, 3.05) is 37.5 Å². The van der Waals surface area contributed by atoms with Crippen molar-refractivity contribution in [3.05, 3.63) is 47.5 Å². The summed E-state index contributed by atoms with van der Waals surface area (Å²) >= 11 is 0. The number of amides is 2. The van der Waals surface area contributed by atoms with Crippen LogP contribution < -0.4 is 24.6 Å². The number of para-hydroxylation sites is 2. The Labute approximate surface area is 170 Å². The summed E-state index contributed by atoms with van der Waals surface area (Å²) in [6.45, 7) is 3.56. The van der Waals surface area contributed by atoms with E-state index in [1.54, 1.807) is 19.1 Å². The molecule has 152 valence electrons. The minimum Gasteiger partial charge on any atom is -0.493 e. The number of fused-ring (bicyclic) bond motifs is 2. The van der Waals surface area contributed by atoms with Crippen LogP contribution in [-0.4, -0.2) is 45.2 Å². The Hall–Kier alpha value is -3.06. The van der Waals surface area contributed by atoms with Gasteiger partial charge in [-0.15, -0.1) is 0 Å². The molecular weight excluding hydrogens is 370 g/mol. The number of carbonyl (C=O) groups excluding carboxylic acids is 2. The monoisotopic (exact) mass is 396 g/mol. The van der Waals surface area contributed by atoms with Crippen LogP contribution in [0.3, 0.4) is 0 Å². The van der Waals surface area contributed by atoms with Gasteiger partial charge in [0, 0.05) is 12.0 Å². The summed E-state index contributed by atoms with van der Waals surface area (Å²) in [5.41, 5.74) is 3.83. The summed E-state index contributed by atoms with van der Waals surface area (Å²) in [5.74, 6) is 1.23. The summed E-state index contributed by atoms with van der Waals surface area (Å²) in [6.07, 6.45) is 0.861. The molecule has 7 heteroatoms. The number of carbonyl (C=O) groups is 2. The van der Waals surface area contributed by atoms with Gasteiger partial charge in [0.1, 0.15) is 13.1 Å². The third-order valence-electron chi connectivity index (χ3n) is 5.86. The average Bonchev–Trinajstić information content (AvgIpc) is 2.75. The SMILES string of the molecule is COc1cc2c(cc1OC)C[NH+]([C@H](C)C(=O)N1CC(=O)Nc3ccccc31)CC2. The molecule has 2 heterocycles. The zero-order chi connectivity index (χ0) is 20.5. The lowest BCUT2D eigenvalue weighted by Crippen LogP contribution is -3.16. The predicted octanol–water partition coefficient (Wildman–Crippen LogP) is 1.02. The summed E-state index contributed by atoms with van der Waals surface area (Å²) in [5, 5.41) is 2.83. The Morgan fingerprint density at radius 3 is 2.55 bits per heavy atom. The maximum atomic E-state index is 13.3. The first-order valence-corrected chi connectivity index (χ1v) is 9.80. The fourth-order valence-corrected chi connectivity index (χ4v) is 4.20. The number of quaternary nitrogens is 1. The first-order valence-electron chi connectivity index (χ1n) is 9.80. The molecule has 2 aliphatic heterocycles. The summed E-state index contributed by atoms with van der Waals surface area (Å²) in [7, 11) is 3.26. The highest BCUT2D eigenvalue weighted by molar-refractivity contribution is 6.10. The van der Waals surface area contributed by atoms with Crippen molar-refractivity contribution in [1.29, 1.82) is 0 Å². The van der Waals surface area contributed by atoms with Crippen LogP contribution in [0.5, 0.6) is 11.5 Å². The lowest BCUT2D eigenvalue weighted by Gasteiger charge is -2.35. The smallest absolute Gasteiger partial charge is 0.285 e. The minimum absolute atomic E-state index is 0.0359. The molecule has 2 N–H and O–H groups in total. The number of nitrogens with one attached hydrogen (secondary N) is 2. The van der Waals surface area contributed by atoms with E-state index in [9.17, 15) is 9.59 Å².